The largest absolute Gasteiger partial charge is 0.369 e. The van der Waals surface area contributed by atoms with Crippen LogP contribution in [-0.4, -0.2) is 18.6 Å². The van der Waals surface area contributed by atoms with Crippen molar-refractivity contribution in [2.75, 3.05) is 11.4 Å². The molecule has 0 spiro atoms. The van der Waals surface area contributed by atoms with E-state index in [-0.39, 0.29) is 11.9 Å². The van der Waals surface area contributed by atoms with E-state index in [1.165, 1.54) is 6.07 Å². The van der Waals surface area contributed by atoms with Crippen molar-refractivity contribution in [1.82, 2.24) is 0 Å². The summed E-state index contributed by atoms with van der Waals surface area (Å²) in [6.45, 7) is 11.5. The van der Waals surface area contributed by atoms with Crippen molar-refractivity contribution in [2.24, 2.45) is 11.7 Å². The zero-order valence-electron chi connectivity index (χ0n) is 12.8. The van der Waals surface area contributed by atoms with Gasteiger partial charge in [0.1, 0.15) is 5.82 Å². The molecule has 0 aliphatic rings. The van der Waals surface area contributed by atoms with Crippen LogP contribution in [0.5, 0.6) is 0 Å². The van der Waals surface area contributed by atoms with Gasteiger partial charge in [-0.1, -0.05) is 19.9 Å². The Morgan fingerprint density at radius 3 is 2.26 bits per heavy atom. The van der Waals surface area contributed by atoms with Gasteiger partial charge >= 0.3 is 0 Å². The summed E-state index contributed by atoms with van der Waals surface area (Å²) in [5.74, 6) is 0.387. The predicted molar refractivity (Wildman–Crippen MR) is 81.1 cm³/mol. The molecule has 0 bridgehead atoms. The maximum absolute atomic E-state index is 14.1. The molecule has 0 aliphatic carbocycles. The molecule has 1 aromatic rings. The van der Waals surface area contributed by atoms with E-state index >= 15 is 0 Å². The molecule has 0 heterocycles. The minimum atomic E-state index is -0.149. The Kier molecular flexibility index (Phi) is 5.80. The molecule has 0 amide bonds. The Hall–Kier alpha value is -1.09. The molecule has 3 heteroatoms. The Labute approximate surface area is 116 Å². The van der Waals surface area contributed by atoms with Crippen LogP contribution < -0.4 is 10.6 Å². The maximum atomic E-state index is 14.1. The third-order valence-electron chi connectivity index (χ3n) is 3.11. The van der Waals surface area contributed by atoms with E-state index in [1.807, 2.05) is 13.0 Å². The van der Waals surface area contributed by atoms with Gasteiger partial charge in [-0.25, -0.2) is 4.39 Å². The smallest absolute Gasteiger partial charge is 0.128 e. The number of nitrogens with two attached hydrogens (primary N) is 1. The second kappa shape index (κ2) is 6.90. The maximum Gasteiger partial charge on any atom is 0.128 e. The number of halogens is 1. The van der Waals surface area contributed by atoms with E-state index in [4.69, 9.17) is 5.73 Å². The molecule has 0 aliphatic heterocycles. The molecule has 1 atom stereocenters. The zero-order chi connectivity index (χ0) is 14.6. The Morgan fingerprint density at radius 1 is 1.16 bits per heavy atom. The first-order valence-electron chi connectivity index (χ1n) is 7.12. The summed E-state index contributed by atoms with van der Waals surface area (Å²) in [5, 5.41) is 0. The third kappa shape index (κ3) is 4.50. The van der Waals surface area contributed by atoms with Crippen LogP contribution in [0.4, 0.5) is 10.1 Å². The lowest BCUT2D eigenvalue weighted by Gasteiger charge is -2.33. The quantitative estimate of drug-likeness (QED) is 0.852. The van der Waals surface area contributed by atoms with E-state index < -0.39 is 0 Å². The van der Waals surface area contributed by atoms with Crippen LogP contribution in [0.1, 0.15) is 40.2 Å². The molecule has 2 nitrogen and oxygen atoms in total. The average molecular weight is 266 g/mol. The second-order valence-corrected chi connectivity index (χ2v) is 6.06. The van der Waals surface area contributed by atoms with Crippen molar-refractivity contribution in [3.8, 4) is 0 Å². The highest BCUT2D eigenvalue weighted by Gasteiger charge is 2.18. The number of nitrogens with zero attached hydrogens (tertiary/aromatic N) is 1. The lowest BCUT2D eigenvalue weighted by Crippen LogP contribution is -2.35. The molecule has 0 radical (unpaired) electrons. The highest BCUT2D eigenvalue weighted by Crippen LogP contribution is 2.27. The molecule has 0 aromatic heterocycles. The van der Waals surface area contributed by atoms with E-state index in [0.717, 1.165) is 17.8 Å². The Bertz CT molecular complexity index is 400. The van der Waals surface area contributed by atoms with Crippen LogP contribution in [0.3, 0.4) is 0 Å². The summed E-state index contributed by atoms with van der Waals surface area (Å²) >= 11 is 0. The summed E-state index contributed by atoms with van der Waals surface area (Å²) in [6, 6.07) is 5.61. The van der Waals surface area contributed by atoms with Gasteiger partial charge in [0.05, 0.1) is 0 Å². The summed E-state index contributed by atoms with van der Waals surface area (Å²) in [7, 11) is 0. The van der Waals surface area contributed by atoms with Crippen LogP contribution in [0, 0.1) is 11.7 Å². The number of anilines is 1. The topological polar surface area (TPSA) is 29.3 Å². The second-order valence-electron chi connectivity index (χ2n) is 6.06. The zero-order valence-corrected chi connectivity index (χ0v) is 12.8. The monoisotopic (exact) mass is 266 g/mol. The number of benzene rings is 1. The number of rotatable bonds is 6. The molecular weight excluding hydrogens is 239 g/mol. The molecule has 1 unspecified atom stereocenters. The first kappa shape index (κ1) is 16.0. The van der Waals surface area contributed by atoms with Crippen molar-refractivity contribution in [3.05, 3.63) is 29.6 Å². The van der Waals surface area contributed by atoms with Crippen LogP contribution in [0.25, 0.3) is 0 Å². The first-order chi connectivity index (χ1) is 8.82. The number of hydrogen-bond donors (Lipinski definition) is 1. The van der Waals surface area contributed by atoms with E-state index in [0.29, 0.717) is 18.4 Å². The Morgan fingerprint density at radius 2 is 1.79 bits per heavy atom. The van der Waals surface area contributed by atoms with Crippen molar-refractivity contribution in [1.29, 1.82) is 0 Å². The van der Waals surface area contributed by atoms with E-state index in [2.05, 4.69) is 32.6 Å². The lowest BCUT2D eigenvalue weighted by atomic mass is 10.0. The predicted octanol–water partition coefficient (Wildman–Crippen LogP) is 3.59. The van der Waals surface area contributed by atoms with Gasteiger partial charge in [-0.3, -0.25) is 0 Å². The fraction of sp³-hybridized carbons (Fsp3) is 0.625. The minimum Gasteiger partial charge on any atom is -0.369 e. The number of hydrogen-bond acceptors (Lipinski definition) is 2. The van der Waals surface area contributed by atoms with Gasteiger partial charge in [0.2, 0.25) is 0 Å². The van der Waals surface area contributed by atoms with Gasteiger partial charge < -0.3 is 10.6 Å². The molecule has 108 valence electrons. The summed E-state index contributed by atoms with van der Waals surface area (Å²) in [6.07, 6.45) is 0.573. The third-order valence-corrected chi connectivity index (χ3v) is 3.11. The highest BCUT2D eigenvalue weighted by molar-refractivity contribution is 5.55. The molecular formula is C16H27FN2. The van der Waals surface area contributed by atoms with Gasteiger partial charge in [0.25, 0.3) is 0 Å². The molecule has 1 aromatic carbocycles. The molecule has 0 saturated carbocycles. The van der Waals surface area contributed by atoms with Gasteiger partial charge in [-0.05, 0) is 45.2 Å². The van der Waals surface area contributed by atoms with Crippen LogP contribution in [0.2, 0.25) is 0 Å². The van der Waals surface area contributed by atoms with E-state index in [9.17, 15) is 4.39 Å². The average Bonchev–Trinajstić information content (AvgIpc) is 2.28. The molecule has 19 heavy (non-hydrogen) atoms. The summed E-state index contributed by atoms with van der Waals surface area (Å²) in [4.78, 5) is 2.27. The highest BCUT2D eigenvalue weighted by atomic mass is 19.1. The fourth-order valence-electron chi connectivity index (χ4n) is 2.32. The summed E-state index contributed by atoms with van der Waals surface area (Å²) in [5.41, 5.74) is 7.58. The normalized spacial score (nSPS) is 13.1. The first-order valence-corrected chi connectivity index (χ1v) is 7.12. The molecule has 0 fully saturated rings. The van der Waals surface area contributed by atoms with Gasteiger partial charge in [-0.15, -0.1) is 0 Å². The van der Waals surface area contributed by atoms with E-state index in [1.54, 1.807) is 6.07 Å². The van der Waals surface area contributed by atoms with Crippen LogP contribution >= 0.6 is 0 Å². The van der Waals surface area contributed by atoms with Crippen LogP contribution in [0.15, 0.2) is 18.2 Å². The fourth-order valence-corrected chi connectivity index (χ4v) is 2.32. The summed E-state index contributed by atoms with van der Waals surface area (Å²) < 4.78 is 14.1. The van der Waals surface area contributed by atoms with Crippen molar-refractivity contribution < 1.29 is 4.39 Å². The van der Waals surface area contributed by atoms with Crippen LogP contribution in [-0.2, 0) is 6.42 Å². The molecule has 1 rings (SSSR count). The minimum absolute atomic E-state index is 0.0382. The van der Waals surface area contributed by atoms with Gasteiger partial charge in [-0.2, -0.15) is 0 Å². The van der Waals surface area contributed by atoms with Crippen molar-refractivity contribution >= 4 is 5.69 Å². The molecule has 0 saturated heterocycles. The standard InChI is InChI=1S/C16H27FN2/c1-11(2)10-19(12(3)4)16-8-6-7-15(17)14(16)9-13(5)18/h6-8,11-13H,9-10,18H2,1-5H3. The molecule has 2 N–H and O–H groups in total. The van der Waals surface area contributed by atoms with Gasteiger partial charge in [0.15, 0.2) is 0 Å². The lowest BCUT2D eigenvalue weighted by molar-refractivity contribution is 0.557. The van der Waals surface area contributed by atoms with Crippen molar-refractivity contribution in [3.63, 3.8) is 0 Å². The van der Waals surface area contributed by atoms with Crippen molar-refractivity contribution in [2.45, 2.75) is 53.1 Å². The Balaban J connectivity index is 3.17. The van der Waals surface area contributed by atoms with Gasteiger partial charge in [0, 0.05) is 29.9 Å². The SMILES string of the molecule is CC(C)CN(c1cccc(F)c1CC(C)N)C(C)C.